The molecule has 3 rings (SSSR count). The van der Waals surface area contributed by atoms with Crippen LogP contribution in [0.3, 0.4) is 0 Å². The Bertz CT molecular complexity index is 831. The van der Waals surface area contributed by atoms with E-state index < -0.39 is 6.04 Å². The largest absolute Gasteiger partial charge is 0.350 e. The molecule has 2 unspecified atom stereocenters. The van der Waals surface area contributed by atoms with E-state index in [1.807, 2.05) is 36.4 Å². The fraction of sp³-hybridized carbons (Fsp3) is 0.381. The van der Waals surface area contributed by atoms with Crippen LogP contribution in [0.2, 0.25) is 5.02 Å². The highest BCUT2D eigenvalue weighted by Crippen LogP contribution is 2.43. The minimum Gasteiger partial charge on any atom is -0.350 e. The molecule has 28 heavy (non-hydrogen) atoms. The normalized spacial score (nSPS) is 17.8. The fourth-order valence-corrected chi connectivity index (χ4v) is 4.85. The zero-order valence-electron chi connectivity index (χ0n) is 16.0. The van der Waals surface area contributed by atoms with Gasteiger partial charge in [0.15, 0.2) is 0 Å². The van der Waals surface area contributed by atoms with Gasteiger partial charge in [0.1, 0.15) is 11.4 Å². The van der Waals surface area contributed by atoms with Crippen LogP contribution >= 0.6 is 23.4 Å². The van der Waals surface area contributed by atoms with Crippen molar-refractivity contribution >= 4 is 35.2 Å². The number of nitrogens with zero attached hydrogens (tertiary/aromatic N) is 2. The number of pyridine rings is 1. The van der Waals surface area contributed by atoms with Crippen molar-refractivity contribution in [1.82, 2.24) is 15.2 Å². The molecule has 1 aliphatic heterocycles. The number of nitrogens with one attached hydrogen (secondary N) is 1. The molecule has 5 nitrogen and oxygen atoms in total. The molecule has 0 spiro atoms. The fourth-order valence-electron chi connectivity index (χ4n) is 3.29. The second-order valence-electron chi connectivity index (χ2n) is 7.20. The molecule has 1 saturated heterocycles. The van der Waals surface area contributed by atoms with E-state index in [9.17, 15) is 9.59 Å². The standard InChI is InChI=1S/C21H24ClN3O2S/c1-14(2)11-18(20(27)24-12-15-7-9-23-10-8-15)25-19(26)13-28-21(25)16-5-3-4-6-17(16)22/h3-10,14,18,21H,11-13H2,1-2H3,(H,24,27). The van der Waals surface area contributed by atoms with Crippen LogP contribution in [0.4, 0.5) is 0 Å². The third-order valence-electron chi connectivity index (χ3n) is 4.63. The van der Waals surface area contributed by atoms with Crippen LogP contribution < -0.4 is 5.32 Å². The first-order valence-electron chi connectivity index (χ1n) is 9.31. The highest BCUT2D eigenvalue weighted by atomic mass is 35.5. The molecule has 148 valence electrons. The first-order valence-corrected chi connectivity index (χ1v) is 10.7. The number of carbonyl (C=O) groups is 2. The van der Waals surface area contributed by atoms with Crippen LogP contribution in [0.1, 0.15) is 36.8 Å². The van der Waals surface area contributed by atoms with Crippen molar-refractivity contribution < 1.29 is 9.59 Å². The van der Waals surface area contributed by atoms with Gasteiger partial charge >= 0.3 is 0 Å². The van der Waals surface area contributed by atoms with Gasteiger partial charge in [-0.25, -0.2) is 0 Å². The summed E-state index contributed by atoms with van der Waals surface area (Å²) in [6, 6.07) is 10.7. The molecule has 1 fully saturated rings. The van der Waals surface area contributed by atoms with Crippen LogP contribution in [-0.2, 0) is 16.1 Å². The zero-order valence-corrected chi connectivity index (χ0v) is 17.5. The molecule has 2 aromatic rings. The van der Waals surface area contributed by atoms with Crippen LogP contribution in [-0.4, -0.2) is 33.5 Å². The van der Waals surface area contributed by atoms with Crippen molar-refractivity contribution in [3.8, 4) is 0 Å². The molecule has 2 amide bonds. The van der Waals surface area contributed by atoms with Crippen molar-refractivity contribution in [1.29, 1.82) is 0 Å². The molecule has 1 aliphatic rings. The van der Waals surface area contributed by atoms with E-state index in [0.29, 0.717) is 23.7 Å². The number of rotatable bonds is 7. The smallest absolute Gasteiger partial charge is 0.243 e. The van der Waals surface area contributed by atoms with Gasteiger partial charge in [-0.15, -0.1) is 11.8 Å². The van der Waals surface area contributed by atoms with Gasteiger partial charge in [-0.3, -0.25) is 14.6 Å². The minimum absolute atomic E-state index is 0.0281. The highest BCUT2D eigenvalue weighted by molar-refractivity contribution is 8.00. The van der Waals surface area contributed by atoms with Crippen molar-refractivity contribution in [2.45, 2.75) is 38.2 Å². The summed E-state index contributed by atoms with van der Waals surface area (Å²) in [7, 11) is 0. The molecule has 0 radical (unpaired) electrons. The molecule has 1 aromatic heterocycles. The molecule has 2 heterocycles. The van der Waals surface area contributed by atoms with E-state index in [2.05, 4.69) is 24.1 Å². The first kappa shape index (κ1) is 20.7. The van der Waals surface area contributed by atoms with Gasteiger partial charge in [0.2, 0.25) is 11.8 Å². The lowest BCUT2D eigenvalue weighted by molar-refractivity contribution is -0.139. The second-order valence-corrected chi connectivity index (χ2v) is 8.68. The Morgan fingerprint density at radius 2 is 2.00 bits per heavy atom. The molecule has 2 atom stereocenters. The third kappa shape index (κ3) is 4.86. The number of carbonyl (C=O) groups excluding carboxylic acids is 2. The summed E-state index contributed by atoms with van der Waals surface area (Å²) in [5.74, 6) is 0.447. The van der Waals surface area contributed by atoms with Gasteiger partial charge in [-0.05, 0) is 36.1 Å². The lowest BCUT2D eigenvalue weighted by atomic mass is 10.0. The predicted octanol–water partition coefficient (Wildman–Crippen LogP) is 4.04. The average Bonchev–Trinajstić information content (AvgIpc) is 3.06. The van der Waals surface area contributed by atoms with Crippen LogP contribution in [0.15, 0.2) is 48.8 Å². The van der Waals surface area contributed by atoms with Crippen molar-refractivity contribution in [3.05, 3.63) is 64.9 Å². The lowest BCUT2D eigenvalue weighted by Crippen LogP contribution is -2.49. The maximum Gasteiger partial charge on any atom is 0.243 e. The number of halogens is 1. The Morgan fingerprint density at radius 3 is 2.68 bits per heavy atom. The van der Waals surface area contributed by atoms with Crippen molar-refractivity contribution in [2.75, 3.05) is 5.75 Å². The Kier molecular flexibility index (Phi) is 6.97. The van der Waals surface area contributed by atoms with E-state index in [1.54, 1.807) is 17.3 Å². The predicted molar refractivity (Wildman–Crippen MR) is 113 cm³/mol. The Labute approximate surface area is 174 Å². The minimum atomic E-state index is -0.536. The average molecular weight is 418 g/mol. The zero-order chi connectivity index (χ0) is 20.1. The molecular weight excluding hydrogens is 394 g/mol. The van der Waals surface area contributed by atoms with E-state index >= 15 is 0 Å². The summed E-state index contributed by atoms with van der Waals surface area (Å²) in [5, 5.41) is 3.34. The summed E-state index contributed by atoms with van der Waals surface area (Å²) in [6.07, 6.45) is 3.98. The Morgan fingerprint density at radius 1 is 1.29 bits per heavy atom. The number of hydrogen-bond donors (Lipinski definition) is 1. The van der Waals surface area contributed by atoms with Gasteiger partial charge in [-0.2, -0.15) is 0 Å². The summed E-state index contributed by atoms with van der Waals surface area (Å²) < 4.78 is 0. The molecular formula is C21H24ClN3O2S. The van der Waals surface area contributed by atoms with E-state index in [-0.39, 0.29) is 23.1 Å². The number of amides is 2. The van der Waals surface area contributed by atoms with Gasteiger partial charge in [0, 0.05) is 29.5 Å². The van der Waals surface area contributed by atoms with Gasteiger partial charge in [0.05, 0.1) is 5.75 Å². The topological polar surface area (TPSA) is 62.3 Å². The highest BCUT2D eigenvalue weighted by Gasteiger charge is 2.41. The Hall–Kier alpha value is -2.05. The quantitative estimate of drug-likeness (QED) is 0.738. The summed E-state index contributed by atoms with van der Waals surface area (Å²) >= 11 is 7.91. The summed E-state index contributed by atoms with van der Waals surface area (Å²) in [5.41, 5.74) is 1.84. The number of hydrogen-bond acceptors (Lipinski definition) is 4. The van der Waals surface area contributed by atoms with E-state index in [1.165, 1.54) is 11.8 Å². The summed E-state index contributed by atoms with van der Waals surface area (Å²) in [6.45, 7) is 4.52. The maximum absolute atomic E-state index is 13.1. The molecule has 1 N–H and O–H groups in total. The Balaban J connectivity index is 1.83. The maximum atomic E-state index is 13.1. The van der Waals surface area contributed by atoms with Crippen molar-refractivity contribution in [3.63, 3.8) is 0 Å². The lowest BCUT2D eigenvalue weighted by Gasteiger charge is -2.33. The molecule has 0 saturated carbocycles. The van der Waals surface area contributed by atoms with Gasteiger partial charge in [0.25, 0.3) is 0 Å². The van der Waals surface area contributed by atoms with Crippen LogP contribution in [0.25, 0.3) is 0 Å². The molecule has 0 bridgehead atoms. The second kappa shape index (κ2) is 9.43. The number of benzene rings is 1. The van der Waals surface area contributed by atoms with Gasteiger partial charge in [-0.1, -0.05) is 43.6 Å². The van der Waals surface area contributed by atoms with E-state index in [4.69, 9.17) is 11.6 Å². The first-order chi connectivity index (χ1) is 13.5. The monoisotopic (exact) mass is 417 g/mol. The number of aromatic nitrogens is 1. The number of thioether (sulfide) groups is 1. The van der Waals surface area contributed by atoms with Gasteiger partial charge < -0.3 is 10.2 Å². The third-order valence-corrected chi connectivity index (χ3v) is 6.18. The van der Waals surface area contributed by atoms with E-state index in [0.717, 1.165) is 11.1 Å². The molecule has 1 aromatic carbocycles. The molecule has 0 aliphatic carbocycles. The van der Waals surface area contributed by atoms with Crippen LogP contribution in [0, 0.1) is 5.92 Å². The summed E-state index contributed by atoms with van der Waals surface area (Å²) in [4.78, 5) is 31.5. The molecule has 7 heteroatoms. The van der Waals surface area contributed by atoms with Crippen molar-refractivity contribution in [2.24, 2.45) is 5.92 Å². The van der Waals surface area contributed by atoms with Crippen LogP contribution in [0.5, 0.6) is 0 Å². The SMILES string of the molecule is CC(C)CC(C(=O)NCc1ccncc1)N1C(=O)CSC1c1ccccc1Cl.